The SMILES string of the molecule is CCC(C)Oc1ccc(NC(=O)/C=C/c2ccccc2OC)cc1. The van der Waals surface area contributed by atoms with E-state index >= 15 is 0 Å². The second-order valence-electron chi connectivity index (χ2n) is 5.43. The van der Waals surface area contributed by atoms with Crippen molar-refractivity contribution in [2.24, 2.45) is 0 Å². The van der Waals surface area contributed by atoms with Gasteiger partial charge in [0.05, 0.1) is 13.2 Å². The number of nitrogens with one attached hydrogen (secondary N) is 1. The summed E-state index contributed by atoms with van der Waals surface area (Å²) in [5.74, 6) is 1.33. The average Bonchev–Trinajstić information content (AvgIpc) is 2.61. The molecule has 4 heteroatoms. The van der Waals surface area contributed by atoms with E-state index in [0.717, 1.165) is 29.2 Å². The van der Waals surface area contributed by atoms with Crippen molar-refractivity contribution in [3.8, 4) is 11.5 Å². The summed E-state index contributed by atoms with van der Waals surface area (Å²) in [6.45, 7) is 4.10. The fourth-order valence-electron chi connectivity index (χ4n) is 2.09. The maximum Gasteiger partial charge on any atom is 0.248 e. The number of hydrogen-bond acceptors (Lipinski definition) is 3. The zero-order valence-electron chi connectivity index (χ0n) is 14.3. The van der Waals surface area contributed by atoms with Crippen molar-refractivity contribution >= 4 is 17.7 Å². The van der Waals surface area contributed by atoms with Crippen LogP contribution in [0.3, 0.4) is 0 Å². The number of methoxy groups -OCH3 is 1. The second-order valence-corrected chi connectivity index (χ2v) is 5.43. The van der Waals surface area contributed by atoms with Gasteiger partial charge in [-0.25, -0.2) is 0 Å². The first-order chi connectivity index (χ1) is 11.6. The van der Waals surface area contributed by atoms with Crippen LogP contribution in [0.25, 0.3) is 6.08 Å². The van der Waals surface area contributed by atoms with Gasteiger partial charge in [-0.2, -0.15) is 0 Å². The first-order valence-corrected chi connectivity index (χ1v) is 8.01. The number of anilines is 1. The molecule has 0 radical (unpaired) electrons. The molecule has 0 saturated carbocycles. The van der Waals surface area contributed by atoms with Gasteiger partial charge in [-0.15, -0.1) is 0 Å². The van der Waals surface area contributed by atoms with Crippen LogP contribution in [0.5, 0.6) is 11.5 Å². The standard InChI is InChI=1S/C20H23NO3/c1-4-15(2)24-18-12-10-17(11-13-18)21-20(22)14-9-16-7-5-6-8-19(16)23-3/h5-15H,4H2,1-3H3,(H,21,22)/b14-9+. The number of hydrogen-bond donors (Lipinski definition) is 1. The number of para-hydroxylation sites is 1. The summed E-state index contributed by atoms with van der Waals surface area (Å²) in [5, 5.41) is 2.82. The molecule has 2 rings (SSSR count). The minimum absolute atomic E-state index is 0.175. The molecule has 126 valence electrons. The molecule has 0 aromatic heterocycles. The molecule has 1 unspecified atom stereocenters. The molecule has 24 heavy (non-hydrogen) atoms. The molecule has 0 bridgehead atoms. The molecule has 0 heterocycles. The molecule has 1 atom stereocenters. The maximum absolute atomic E-state index is 12.0. The molecule has 0 aliphatic carbocycles. The van der Waals surface area contributed by atoms with Crippen LogP contribution in [0, 0.1) is 0 Å². The van der Waals surface area contributed by atoms with E-state index in [9.17, 15) is 4.79 Å². The first kappa shape index (κ1) is 17.6. The zero-order chi connectivity index (χ0) is 17.4. The van der Waals surface area contributed by atoms with E-state index < -0.39 is 0 Å². The van der Waals surface area contributed by atoms with Crippen molar-refractivity contribution in [1.82, 2.24) is 0 Å². The van der Waals surface area contributed by atoms with Crippen molar-refractivity contribution in [3.05, 3.63) is 60.2 Å². The van der Waals surface area contributed by atoms with E-state index in [1.807, 2.05) is 55.5 Å². The highest BCUT2D eigenvalue weighted by Crippen LogP contribution is 2.19. The molecule has 1 amide bonds. The number of carbonyl (C=O) groups excluding carboxylic acids is 1. The van der Waals surface area contributed by atoms with Crippen LogP contribution in [-0.2, 0) is 4.79 Å². The van der Waals surface area contributed by atoms with E-state index in [2.05, 4.69) is 12.2 Å². The van der Waals surface area contributed by atoms with Crippen LogP contribution in [0.2, 0.25) is 0 Å². The third kappa shape index (κ3) is 5.16. The molecular formula is C20H23NO3. The Balaban J connectivity index is 1.95. The van der Waals surface area contributed by atoms with E-state index in [0.29, 0.717) is 0 Å². The maximum atomic E-state index is 12.0. The highest BCUT2D eigenvalue weighted by atomic mass is 16.5. The van der Waals surface area contributed by atoms with Gasteiger partial charge in [0.1, 0.15) is 11.5 Å². The van der Waals surface area contributed by atoms with Crippen LogP contribution in [-0.4, -0.2) is 19.1 Å². The van der Waals surface area contributed by atoms with Gasteiger partial charge in [0.15, 0.2) is 0 Å². The Morgan fingerprint density at radius 2 is 1.88 bits per heavy atom. The summed E-state index contributed by atoms with van der Waals surface area (Å²) in [6, 6.07) is 14.9. The average molecular weight is 325 g/mol. The van der Waals surface area contributed by atoms with Crippen molar-refractivity contribution in [3.63, 3.8) is 0 Å². The van der Waals surface area contributed by atoms with Gasteiger partial charge in [-0.3, -0.25) is 4.79 Å². The highest BCUT2D eigenvalue weighted by molar-refractivity contribution is 6.02. The van der Waals surface area contributed by atoms with Gasteiger partial charge in [0, 0.05) is 17.3 Å². The summed E-state index contributed by atoms with van der Waals surface area (Å²) in [6.07, 6.45) is 4.34. The summed E-state index contributed by atoms with van der Waals surface area (Å²) < 4.78 is 11.0. The van der Waals surface area contributed by atoms with Crippen LogP contribution in [0.4, 0.5) is 5.69 Å². The Morgan fingerprint density at radius 1 is 1.17 bits per heavy atom. The van der Waals surface area contributed by atoms with Gasteiger partial charge in [-0.1, -0.05) is 25.1 Å². The Hall–Kier alpha value is -2.75. The van der Waals surface area contributed by atoms with Gasteiger partial charge < -0.3 is 14.8 Å². The highest BCUT2D eigenvalue weighted by Gasteiger charge is 2.03. The lowest BCUT2D eigenvalue weighted by Crippen LogP contribution is -2.10. The smallest absolute Gasteiger partial charge is 0.248 e. The van der Waals surface area contributed by atoms with Crippen molar-refractivity contribution in [1.29, 1.82) is 0 Å². The Morgan fingerprint density at radius 3 is 2.54 bits per heavy atom. The molecule has 0 aliphatic rings. The van der Waals surface area contributed by atoms with Crippen LogP contribution in [0.15, 0.2) is 54.6 Å². The fraction of sp³-hybridized carbons (Fsp3) is 0.250. The Bertz CT molecular complexity index is 692. The van der Waals surface area contributed by atoms with Crippen molar-refractivity contribution in [2.45, 2.75) is 26.4 Å². The Labute approximate surface area is 143 Å². The van der Waals surface area contributed by atoms with Gasteiger partial charge in [0.2, 0.25) is 5.91 Å². The van der Waals surface area contributed by atoms with Crippen molar-refractivity contribution < 1.29 is 14.3 Å². The predicted octanol–water partition coefficient (Wildman–Crippen LogP) is 4.52. The van der Waals surface area contributed by atoms with Crippen molar-refractivity contribution in [2.75, 3.05) is 12.4 Å². The van der Waals surface area contributed by atoms with Gasteiger partial charge in [-0.05, 0) is 49.8 Å². The van der Waals surface area contributed by atoms with E-state index in [4.69, 9.17) is 9.47 Å². The van der Waals surface area contributed by atoms with E-state index in [-0.39, 0.29) is 12.0 Å². The number of carbonyl (C=O) groups is 1. The van der Waals surface area contributed by atoms with E-state index in [1.54, 1.807) is 13.2 Å². The minimum Gasteiger partial charge on any atom is -0.496 e. The molecule has 0 fully saturated rings. The van der Waals surface area contributed by atoms with E-state index in [1.165, 1.54) is 6.08 Å². The summed E-state index contributed by atoms with van der Waals surface area (Å²) in [4.78, 5) is 12.0. The van der Waals surface area contributed by atoms with Crippen LogP contribution >= 0.6 is 0 Å². The normalized spacial score (nSPS) is 12.0. The minimum atomic E-state index is -0.198. The molecular weight excluding hydrogens is 302 g/mol. The second kappa shape index (κ2) is 8.77. The van der Waals surface area contributed by atoms with Gasteiger partial charge in [0.25, 0.3) is 0 Å². The molecule has 0 saturated heterocycles. The molecule has 1 N–H and O–H groups in total. The summed E-state index contributed by atoms with van der Waals surface area (Å²) >= 11 is 0. The predicted molar refractivity (Wildman–Crippen MR) is 97.5 cm³/mol. The number of ether oxygens (including phenoxy) is 2. The quantitative estimate of drug-likeness (QED) is 0.761. The lowest BCUT2D eigenvalue weighted by molar-refractivity contribution is -0.111. The third-order valence-corrected chi connectivity index (χ3v) is 3.59. The molecule has 0 aliphatic heterocycles. The number of rotatable bonds is 7. The lowest BCUT2D eigenvalue weighted by atomic mass is 10.2. The summed E-state index contributed by atoms with van der Waals surface area (Å²) in [7, 11) is 1.61. The van der Waals surface area contributed by atoms with Crippen LogP contribution in [0.1, 0.15) is 25.8 Å². The van der Waals surface area contributed by atoms with Crippen LogP contribution < -0.4 is 14.8 Å². The lowest BCUT2D eigenvalue weighted by Gasteiger charge is -2.12. The Kier molecular flexibility index (Phi) is 6.43. The summed E-state index contributed by atoms with van der Waals surface area (Å²) in [5.41, 5.74) is 1.58. The third-order valence-electron chi connectivity index (χ3n) is 3.59. The first-order valence-electron chi connectivity index (χ1n) is 8.01. The topological polar surface area (TPSA) is 47.6 Å². The number of benzene rings is 2. The molecule has 2 aromatic carbocycles. The number of amides is 1. The fourth-order valence-corrected chi connectivity index (χ4v) is 2.09. The monoisotopic (exact) mass is 325 g/mol. The molecule has 4 nitrogen and oxygen atoms in total. The zero-order valence-corrected chi connectivity index (χ0v) is 14.3. The van der Waals surface area contributed by atoms with Gasteiger partial charge >= 0.3 is 0 Å². The molecule has 0 spiro atoms. The molecule has 2 aromatic rings. The largest absolute Gasteiger partial charge is 0.496 e.